The van der Waals surface area contributed by atoms with Crippen molar-refractivity contribution >= 4 is 50.7 Å². The number of aromatic carboxylic acids is 1. The Bertz CT molecular complexity index is 625. The smallest absolute Gasteiger partial charge is 0.345 e. The zero-order valence-electron chi connectivity index (χ0n) is 10.1. The number of nitrogen functional groups attached to an aromatic ring is 1. The highest BCUT2D eigenvalue weighted by Crippen LogP contribution is 2.33. The van der Waals surface area contributed by atoms with E-state index >= 15 is 0 Å². The third-order valence-electron chi connectivity index (χ3n) is 2.57. The quantitative estimate of drug-likeness (QED) is 0.628. The molecule has 0 saturated heterocycles. The van der Waals surface area contributed by atoms with Crippen LogP contribution in [0.4, 0.5) is 5.69 Å². The van der Waals surface area contributed by atoms with Gasteiger partial charge < -0.3 is 10.8 Å². The maximum absolute atomic E-state index is 10.9. The third kappa shape index (κ3) is 3.52. The molecule has 100 valence electrons. The van der Waals surface area contributed by atoms with Gasteiger partial charge in [0.2, 0.25) is 0 Å². The molecule has 0 amide bonds. The molecule has 0 spiro atoms. The summed E-state index contributed by atoms with van der Waals surface area (Å²) >= 11 is 6.45. The molecule has 0 unspecified atom stereocenters. The average molecular weight is 358 g/mol. The second kappa shape index (κ2) is 5.98. The predicted octanol–water partition coefficient (Wildman–Crippen LogP) is 4.39. The van der Waals surface area contributed by atoms with Crippen molar-refractivity contribution in [1.29, 1.82) is 0 Å². The molecule has 0 fully saturated rings. The number of thioether (sulfide) groups is 1. The number of rotatable bonds is 4. The van der Waals surface area contributed by atoms with Crippen LogP contribution in [0.1, 0.15) is 20.1 Å². The van der Waals surface area contributed by atoms with Gasteiger partial charge in [-0.25, -0.2) is 4.79 Å². The van der Waals surface area contributed by atoms with Crippen molar-refractivity contribution in [2.24, 2.45) is 0 Å². The van der Waals surface area contributed by atoms with E-state index in [0.717, 1.165) is 31.2 Å². The van der Waals surface area contributed by atoms with Crippen molar-refractivity contribution in [2.45, 2.75) is 17.6 Å². The van der Waals surface area contributed by atoms with Crippen LogP contribution in [-0.2, 0) is 5.75 Å². The molecule has 1 aromatic heterocycles. The summed E-state index contributed by atoms with van der Waals surface area (Å²) < 4.78 is 0.962. The largest absolute Gasteiger partial charge is 0.477 e. The molecule has 0 radical (unpaired) electrons. The normalized spacial score (nSPS) is 10.6. The Balaban J connectivity index is 2.12. The molecule has 0 saturated carbocycles. The van der Waals surface area contributed by atoms with E-state index in [-0.39, 0.29) is 0 Å². The minimum atomic E-state index is -0.863. The van der Waals surface area contributed by atoms with Crippen LogP contribution in [0.2, 0.25) is 0 Å². The van der Waals surface area contributed by atoms with Crippen LogP contribution < -0.4 is 5.73 Å². The van der Waals surface area contributed by atoms with Gasteiger partial charge in [0, 0.05) is 25.7 Å². The molecule has 0 aliphatic heterocycles. The van der Waals surface area contributed by atoms with E-state index in [9.17, 15) is 4.79 Å². The zero-order valence-corrected chi connectivity index (χ0v) is 13.4. The lowest BCUT2D eigenvalue weighted by molar-refractivity contribution is 0.0702. The van der Waals surface area contributed by atoms with Crippen LogP contribution in [0.25, 0.3) is 0 Å². The maximum Gasteiger partial charge on any atom is 0.345 e. The van der Waals surface area contributed by atoms with Crippen molar-refractivity contribution in [3.8, 4) is 0 Å². The topological polar surface area (TPSA) is 63.3 Å². The number of hydrogen-bond acceptors (Lipinski definition) is 4. The molecule has 0 aliphatic rings. The summed E-state index contributed by atoms with van der Waals surface area (Å²) in [6.45, 7) is 1.95. The molecular weight excluding hydrogens is 346 g/mol. The highest BCUT2D eigenvalue weighted by molar-refractivity contribution is 9.10. The van der Waals surface area contributed by atoms with Crippen LogP contribution in [0.15, 0.2) is 33.6 Å². The lowest BCUT2D eigenvalue weighted by Gasteiger charge is -2.05. The third-order valence-corrected chi connectivity index (χ3v) is 5.69. The lowest BCUT2D eigenvalue weighted by atomic mass is 10.3. The highest BCUT2D eigenvalue weighted by atomic mass is 79.9. The Morgan fingerprint density at radius 1 is 1.47 bits per heavy atom. The predicted molar refractivity (Wildman–Crippen MR) is 84.1 cm³/mol. The van der Waals surface area contributed by atoms with Crippen molar-refractivity contribution in [3.05, 3.63) is 44.1 Å². The Hall–Kier alpha value is -0.980. The van der Waals surface area contributed by atoms with Gasteiger partial charge in [-0.3, -0.25) is 0 Å². The van der Waals surface area contributed by atoms with Crippen molar-refractivity contribution < 1.29 is 9.90 Å². The molecule has 19 heavy (non-hydrogen) atoms. The summed E-state index contributed by atoms with van der Waals surface area (Å²) in [4.78, 5) is 13.5. The van der Waals surface area contributed by atoms with Crippen LogP contribution in [-0.4, -0.2) is 11.1 Å². The van der Waals surface area contributed by atoms with E-state index in [1.165, 1.54) is 11.3 Å². The number of thiophene rings is 1. The first kappa shape index (κ1) is 14.4. The SMILES string of the molecule is Cc1sc(C(=O)O)cc1CSc1ccc(N)cc1Br. The highest BCUT2D eigenvalue weighted by Gasteiger charge is 2.11. The van der Waals surface area contributed by atoms with Crippen molar-refractivity contribution in [3.63, 3.8) is 0 Å². The van der Waals surface area contributed by atoms with Gasteiger partial charge in [-0.15, -0.1) is 23.1 Å². The van der Waals surface area contributed by atoms with E-state index in [2.05, 4.69) is 15.9 Å². The molecule has 0 aliphatic carbocycles. The number of hydrogen-bond donors (Lipinski definition) is 2. The molecule has 0 bridgehead atoms. The summed E-state index contributed by atoms with van der Waals surface area (Å²) in [6, 6.07) is 7.44. The standard InChI is InChI=1S/C13H12BrNO2S2/c1-7-8(4-12(19-7)13(16)17)6-18-11-3-2-9(15)5-10(11)14/h2-5H,6,15H2,1H3,(H,16,17). The number of nitrogens with two attached hydrogens (primary N) is 1. The summed E-state index contributed by atoms with van der Waals surface area (Å²) in [6.07, 6.45) is 0. The number of benzene rings is 1. The molecule has 0 atom stereocenters. The van der Waals surface area contributed by atoms with E-state index < -0.39 is 5.97 Å². The Morgan fingerprint density at radius 2 is 2.21 bits per heavy atom. The fraction of sp³-hybridized carbons (Fsp3) is 0.154. The first-order chi connectivity index (χ1) is 8.97. The monoisotopic (exact) mass is 357 g/mol. The second-order valence-electron chi connectivity index (χ2n) is 3.98. The molecule has 1 aromatic carbocycles. The van der Waals surface area contributed by atoms with Crippen LogP contribution in [0, 0.1) is 6.92 Å². The lowest BCUT2D eigenvalue weighted by Crippen LogP contribution is -1.90. The van der Waals surface area contributed by atoms with E-state index in [4.69, 9.17) is 10.8 Å². The minimum absolute atomic E-state index is 0.393. The van der Waals surface area contributed by atoms with E-state index in [0.29, 0.717) is 4.88 Å². The molecule has 2 aromatic rings. The second-order valence-corrected chi connectivity index (χ2v) is 7.10. The van der Waals surface area contributed by atoms with Crippen molar-refractivity contribution in [2.75, 3.05) is 5.73 Å². The number of carboxylic acid groups (broad SMARTS) is 1. The zero-order chi connectivity index (χ0) is 14.0. The number of aryl methyl sites for hydroxylation is 1. The van der Waals surface area contributed by atoms with Crippen LogP contribution >= 0.6 is 39.0 Å². The van der Waals surface area contributed by atoms with Crippen LogP contribution in [0.5, 0.6) is 0 Å². The average Bonchev–Trinajstić information content (AvgIpc) is 2.70. The summed E-state index contributed by atoms with van der Waals surface area (Å²) in [5, 5.41) is 8.96. The summed E-state index contributed by atoms with van der Waals surface area (Å²) in [7, 11) is 0. The molecular formula is C13H12BrNO2S2. The first-order valence-electron chi connectivity index (χ1n) is 5.48. The first-order valence-corrected chi connectivity index (χ1v) is 8.07. The van der Waals surface area contributed by atoms with Gasteiger partial charge in [-0.2, -0.15) is 0 Å². The van der Waals surface area contributed by atoms with Crippen LogP contribution in [0.3, 0.4) is 0 Å². The van der Waals surface area contributed by atoms with Gasteiger partial charge in [0.15, 0.2) is 0 Å². The summed E-state index contributed by atoms with van der Waals surface area (Å²) in [5.74, 6) is -0.115. The number of anilines is 1. The Morgan fingerprint density at radius 3 is 2.79 bits per heavy atom. The van der Waals surface area contributed by atoms with Gasteiger partial charge in [0.05, 0.1) is 0 Å². The van der Waals surface area contributed by atoms with Gasteiger partial charge in [-0.05, 0) is 52.7 Å². The van der Waals surface area contributed by atoms with Gasteiger partial charge in [0.1, 0.15) is 4.88 Å². The van der Waals surface area contributed by atoms with E-state index in [1.807, 2.05) is 25.1 Å². The molecule has 3 nitrogen and oxygen atoms in total. The maximum atomic E-state index is 10.9. The van der Waals surface area contributed by atoms with Gasteiger partial charge >= 0.3 is 5.97 Å². The Kier molecular flexibility index (Phi) is 4.54. The minimum Gasteiger partial charge on any atom is -0.477 e. The molecule has 1 heterocycles. The Labute approximate surface area is 128 Å². The van der Waals surface area contributed by atoms with E-state index in [1.54, 1.807) is 17.8 Å². The fourth-order valence-corrected chi connectivity index (χ4v) is 4.24. The molecule has 3 N–H and O–H groups in total. The van der Waals surface area contributed by atoms with Gasteiger partial charge in [-0.1, -0.05) is 0 Å². The van der Waals surface area contributed by atoms with Crippen molar-refractivity contribution in [1.82, 2.24) is 0 Å². The number of carboxylic acids is 1. The summed E-state index contributed by atoms with van der Waals surface area (Å²) in [5.41, 5.74) is 7.48. The fourth-order valence-electron chi connectivity index (χ4n) is 1.56. The van der Waals surface area contributed by atoms with Gasteiger partial charge in [0.25, 0.3) is 0 Å². The number of carbonyl (C=O) groups is 1. The molecule has 2 rings (SSSR count). The number of halogens is 1. The molecule has 6 heteroatoms.